The van der Waals surface area contributed by atoms with Gasteiger partial charge in [-0.3, -0.25) is 9.80 Å². The average molecular weight is 314 g/mol. The predicted octanol–water partition coefficient (Wildman–Crippen LogP) is 1.24. The van der Waals surface area contributed by atoms with Gasteiger partial charge >= 0.3 is 12.2 Å². The van der Waals surface area contributed by atoms with E-state index in [-0.39, 0.29) is 32.0 Å². The molecule has 2 aliphatic rings. The summed E-state index contributed by atoms with van der Waals surface area (Å²) in [5, 5.41) is 8.96. The van der Waals surface area contributed by atoms with Crippen LogP contribution < -0.4 is 9.80 Å². The second kappa shape index (κ2) is 5.41. The molecule has 2 aliphatic heterocycles. The van der Waals surface area contributed by atoms with Crippen molar-refractivity contribution in [3.63, 3.8) is 0 Å². The maximum Gasteiger partial charge on any atom is 0.414 e. The zero-order valence-electron chi connectivity index (χ0n) is 11.3. The molecule has 1 N–H and O–H groups in total. The second-order valence-electron chi connectivity index (χ2n) is 4.82. The highest BCUT2D eigenvalue weighted by molar-refractivity contribution is 5.92. The van der Waals surface area contributed by atoms with E-state index in [1.54, 1.807) is 0 Å². The van der Waals surface area contributed by atoms with Gasteiger partial charge in [0.15, 0.2) is 11.6 Å². The second-order valence-corrected chi connectivity index (χ2v) is 4.82. The minimum Gasteiger partial charge on any atom is -0.447 e. The van der Waals surface area contributed by atoms with Gasteiger partial charge in [0.25, 0.3) is 0 Å². The Labute approximate surface area is 123 Å². The molecule has 118 valence electrons. The molecule has 1 aromatic rings. The number of halogens is 2. The number of cyclic esters (lactones) is 2. The third-order valence-electron chi connectivity index (χ3n) is 3.42. The minimum atomic E-state index is -0.992. The molecular weight excluding hydrogens is 302 g/mol. The lowest BCUT2D eigenvalue weighted by Crippen LogP contribution is -2.28. The Kier molecular flexibility index (Phi) is 3.57. The Balaban J connectivity index is 1.93. The van der Waals surface area contributed by atoms with Crippen LogP contribution in [0.25, 0.3) is 0 Å². The molecule has 2 saturated heterocycles. The summed E-state index contributed by atoms with van der Waals surface area (Å²) in [5.41, 5.74) is -0.565. The number of carbonyl (C=O) groups excluding carboxylic acids is 2. The summed E-state index contributed by atoms with van der Waals surface area (Å²) in [6, 6.07) is 1.87. The first-order valence-electron chi connectivity index (χ1n) is 6.53. The lowest BCUT2D eigenvalue weighted by molar-refractivity contribution is 0.0963. The lowest BCUT2D eigenvalue weighted by atomic mass is 10.2. The van der Waals surface area contributed by atoms with Gasteiger partial charge in [0.1, 0.15) is 18.4 Å². The molecule has 1 aromatic carbocycles. The molecule has 1 atom stereocenters. The Morgan fingerprint density at radius 1 is 1.18 bits per heavy atom. The number of hydrogen-bond acceptors (Lipinski definition) is 5. The molecule has 3 rings (SSSR count). The Hall–Kier alpha value is -2.42. The van der Waals surface area contributed by atoms with Crippen molar-refractivity contribution in [1.82, 2.24) is 0 Å². The highest BCUT2D eigenvalue weighted by Crippen LogP contribution is 2.32. The zero-order chi connectivity index (χ0) is 15.9. The van der Waals surface area contributed by atoms with E-state index in [9.17, 15) is 18.4 Å². The maximum atomic E-state index is 14.2. The van der Waals surface area contributed by atoms with Crippen molar-refractivity contribution in [1.29, 1.82) is 0 Å². The van der Waals surface area contributed by atoms with Crippen LogP contribution in [0, 0.1) is 11.6 Å². The predicted molar refractivity (Wildman–Crippen MR) is 69.8 cm³/mol. The van der Waals surface area contributed by atoms with Crippen LogP contribution in [-0.4, -0.2) is 49.7 Å². The van der Waals surface area contributed by atoms with Crippen molar-refractivity contribution in [2.24, 2.45) is 0 Å². The van der Waals surface area contributed by atoms with Gasteiger partial charge in [0.2, 0.25) is 0 Å². The molecule has 0 radical (unpaired) electrons. The number of aliphatic hydroxyl groups excluding tert-OH is 1. The molecule has 0 saturated carbocycles. The third-order valence-corrected chi connectivity index (χ3v) is 3.42. The first-order valence-corrected chi connectivity index (χ1v) is 6.53. The van der Waals surface area contributed by atoms with Gasteiger partial charge in [0, 0.05) is 12.1 Å². The number of hydrogen-bond donors (Lipinski definition) is 1. The minimum absolute atomic E-state index is 0.0146. The lowest BCUT2D eigenvalue weighted by Gasteiger charge is -2.18. The smallest absolute Gasteiger partial charge is 0.414 e. The summed E-state index contributed by atoms with van der Waals surface area (Å²) in [6.07, 6.45) is -2.37. The molecule has 0 spiro atoms. The van der Waals surface area contributed by atoms with Gasteiger partial charge in [-0.05, 0) is 0 Å². The van der Waals surface area contributed by atoms with Crippen molar-refractivity contribution in [3.05, 3.63) is 23.8 Å². The van der Waals surface area contributed by atoms with E-state index < -0.39 is 35.6 Å². The van der Waals surface area contributed by atoms with Crippen LogP contribution in [0.4, 0.5) is 29.7 Å². The van der Waals surface area contributed by atoms with E-state index in [4.69, 9.17) is 9.84 Å². The van der Waals surface area contributed by atoms with Crippen molar-refractivity contribution in [2.45, 2.75) is 6.10 Å². The molecule has 7 nitrogen and oxygen atoms in total. The molecule has 0 aromatic heterocycles. The van der Waals surface area contributed by atoms with E-state index in [0.29, 0.717) is 0 Å². The van der Waals surface area contributed by atoms with Gasteiger partial charge in [0.05, 0.1) is 25.4 Å². The fourth-order valence-corrected chi connectivity index (χ4v) is 2.39. The van der Waals surface area contributed by atoms with E-state index in [1.807, 2.05) is 0 Å². The van der Waals surface area contributed by atoms with Gasteiger partial charge < -0.3 is 14.6 Å². The SMILES string of the molecule is O=C1OC(CO)CN1c1cc(F)c(N2CCOC2=O)c(F)c1. The van der Waals surface area contributed by atoms with E-state index in [2.05, 4.69) is 4.74 Å². The highest BCUT2D eigenvalue weighted by atomic mass is 19.1. The number of anilines is 2. The summed E-state index contributed by atoms with van der Waals surface area (Å²) in [4.78, 5) is 24.9. The Morgan fingerprint density at radius 2 is 1.86 bits per heavy atom. The van der Waals surface area contributed by atoms with E-state index >= 15 is 0 Å². The molecule has 2 amide bonds. The summed E-state index contributed by atoms with van der Waals surface area (Å²) >= 11 is 0. The summed E-state index contributed by atoms with van der Waals surface area (Å²) in [7, 11) is 0. The van der Waals surface area contributed by atoms with Crippen LogP contribution in [-0.2, 0) is 9.47 Å². The maximum absolute atomic E-state index is 14.2. The number of carbonyl (C=O) groups is 2. The average Bonchev–Trinajstić information content (AvgIpc) is 3.04. The summed E-state index contributed by atoms with van der Waals surface area (Å²) in [5.74, 6) is -1.98. The van der Waals surface area contributed by atoms with Crippen LogP contribution in [0.2, 0.25) is 0 Å². The quantitative estimate of drug-likeness (QED) is 0.908. The molecule has 2 fully saturated rings. The Bertz CT molecular complexity index is 616. The fraction of sp³-hybridized carbons (Fsp3) is 0.385. The standard InChI is InChI=1S/C13H12F2N2O5/c14-9-3-7(17-5-8(6-18)22-13(17)20)4-10(15)11(9)16-1-2-21-12(16)19/h3-4,8,18H,1-2,5-6H2. The van der Waals surface area contributed by atoms with Crippen LogP contribution in [0.15, 0.2) is 12.1 Å². The Morgan fingerprint density at radius 3 is 2.36 bits per heavy atom. The van der Waals surface area contributed by atoms with Gasteiger partial charge in [-0.1, -0.05) is 0 Å². The molecule has 9 heteroatoms. The van der Waals surface area contributed by atoms with Crippen LogP contribution in [0.5, 0.6) is 0 Å². The van der Waals surface area contributed by atoms with Crippen molar-refractivity contribution in [2.75, 3.05) is 36.1 Å². The number of ether oxygens (including phenoxy) is 2. The molecule has 2 heterocycles. The molecule has 0 bridgehead atoms. The highest BCUT2D eigenvalue weighted by Gasteiger charge is 2.34. The van der Waals surface area contributed by atoms with Crippen molar-refractivity contribution >= 4 is 23.6 Å². The number of nitrogens with zero attached hydrogens (tertiary/aromatic N) is 2. The fourth-order valence-electron chi connectivity index (χ4n) is 2.39. The monoisotopic (exact) mass is 314 g/mol. The molecule has 1 unspecified atom stereocenters. The zero-order valence-corrected chi connectivity index (χ0v) is 11.3. The first-order chi connectivity index (χ1) is 10.5. The largest absolute Gasteiger partial charge is 0.447 e. The van der Waals surface area contributed by atoms with Crippen LogP contribution in [0.1, 0.15) is 0 Å². The summed E-state index contributed by atoms with van der Waals surface area (Å²) in [6.45, 7) is -0.301. The van der Waals surface area contributed by atoms with E-state index in [0.717, 1.165) is 21.9 Å². The van der Waals surface area contributed by atoms with Gasteiger partial charge in [-0.25, -0.2) is 18.4 Å². The topological polar surface area (TPSA) is 79.3 Å². The van der Waals surface area contributed by atoms with Crippen molar-refractivity contribution < 1.29 is 33.0 Å². The first kappa shape index (κ1) is 14.5. The summed E-state index contributed by atoms with van der Waals surface area (Å²) < 4.78 is 37.8. The molecule has 22 heavy (non-hydrogen) atoms. The number of benzene rings is 1. The number of amides is 2. The molecular formula is C13H12F2N2O5. The van der Waals surface area contributed by atoms with Gasteiger partial charge in [-0.15, -0.1) is 0 Å². The number of aliphatic hydroxyl groups is 1. The molecule has 0 aliphatic carbocycles. The number of rotatable bonds is 3. The third kappa shape index (κ3) is 2.33. The van der Waals surface area contributed by atoms with Crippen LogP contribution >= 0.6 is 0 Å². The normalized spacial score (nSPS) is 21.3. The van der Waals surface area contributed by atoms with Crippen molar-refractivity contribution in [3.8, 4) is 0 Å². The van der Waals surface area contributed by atoms with E-state index in [1.165, 1.54) is 0 Å². The van der Waals surface area contributed by atoms with Crippen LogP contribution in [0.3, 0.4) is 0 Å². The van der Waals surface area contributed by atoms with Gasteiger partial charge in [-0.2, -0.15) is 0 Å².